The van der Waals surface area contributed by atoms with Crippen LogP contribution in [0.2, 0.25) is 5.15 Å². The van der Waals surface area contributed by atoms with Gasteiger partial charge in [0.15, 0.2) is 5.69 Å². The number of benzene rings is 1. The van der Waals surface area contributed by atoms with Crippen LogP contribution in [0.4, 0.5) is 4.39 Å². The maximum atomic E-state index is 13.6. The van der Waals surface area contributed by atoms with E-state index < -0.39 is 0 Å². The lowest BCUT2D eigenvalue weighted by molar-refractivity contribution is 0.0786. The van der Waals surface area contributed by atoms with E-state index in [1.165, 1.54) is 12.1 Å². The van der Waals surface area contributed by atoms with Gasteiger partial charge in [0.25, 0.3) is 5.91 Å². The van der Waals surface area contributed by atoms with Crippen LogP contribution >= 0.6 is 11.6 Å². The van der Waals surface area contributed by atoms with Gasteiger partial charge in [0.2, 0.25) is 0 Å². The summed E-state index contributed by atoms with van der Waals surface area (Å²) in [6, 6.07) is 10.4. The average Bonchev–Trinajstić information content (AvgIpc) is 3.48. The zero-order valence-corrected chi connectivity index (χ0v) is 17.1. The van der Waals surface area contributed by atoms with Gasteiger partial charge in [-0.1, -0.05) is 23.7 Å². The normalized spacial score (nSPS) is 16.5. The first-order valence-electron chi connectivity index (χ1n) is 9.77. The van der Waals surface area contributed by atoms with Gasteiger partial charge in [0.05, 0.1) is 12.5 Å². The van der Waals surface area contributed by atoms with Gasteiger partial charge in [-0.2, -0.15) is 0 Å². The minimum absolute atomic E-state index is 0.106. The monoisotopic (exact) mass is 423 g/mol. The molecule has 0 N–H and O–H groups in total. The fourth-order valence-corrected chi connectivity index (χ4v) is 4.38. The minimum atomic E-state index is -0.260. The van der Waals surface area contributed by atoms with E-state index in [1.54, 1.807) is 27.9 Å². The van der Waals surface area contributed by atoms with Crippen LogP contribution in [0.1, 0.15) is 34.0 Å². The minimum Gasteiger partial charge on any atom is -0.472 e. The number of furan rings is 1. The van der Waals surface area contributed by atoms with Crippen LogP contribution in [-0.4, -0.2) is 33.3 Å². The Hall–Kier alpha value is -3.12. The van der Waals surface area contributed by atoms with Crippen molar-refractivity contribution in [2.45, 2.75) is 19.3 Å². The van der Waals surface area contributed by atoms with Gasteiger partial charge in [0, 0.05) is 36.3 Å². The topological polar surface area (TPSA) is 50.8 Å². The molecule has 1 atom stereocenters. The maximum absolute atomic E-state index is 13.6. The molecule has 5 rings (SSSR count). The second-order valence-corrected chi connectivity index (χ2v) is 8.02. The van der Waals surface area contributed by atoms with E-state index in [0.29, 0.717) is 18.7 Å². The van der Waals surface area contributed by atoms with E-state index >= 15 is 0 Å². The molecule has 1 unspecified atom stereocenters. The predicted octanol–water partition coefficient (Wildman–Crippen LogP) is 5.32. The van der Waals surface area contributed by atoms with Crippen LogP contribution in [0.15, 0.2) is 59.5 Å². The number of pyridine rings is 1. The number of fused-ring (bicyclic) bond motifs is 1. The van der Waals surface area contributed by atoms with Crippen molar-refractivity contribution in [2.75, 3.05) is 13.1 Å². The number of rotatable bonds is 3. The number of imidazole rings is 1. The van der Waals surface area contributed by atoms with Crippen molar-refractivity contribution < 1.29 is 13.6 Å². The van der Waals surface area contributed by atoms with Crippen LogP contribution in [0.5, 0.6) is 0 Å². The molecule has 4 aromatic rings. The highest BCUT2D eigenvalue weighted by molar-refractivity contribution is 6.33. The third-order valence-electron chi connectivity index (χ3n) is 5.70. The van der Waals surface area contributed by atoms with Gasteiger partial charge < -0.3 is 9.32 Å². The molecule has 7 heteroatoms. The number of nitrogens with zero attached hydrogens (tertiary/aromatic N) is 3. The fourth-order valence-electron chi connectivity index (χ4n) is 4.13. The molecule has 3 aromatic heterocycles. The van der Waals surface area contributed by atoms with E-state index in [4.69, 9.17) is 16.0 Å². The summed E-state index contributed by atoms with van der Waals surface area (Å²) in [6.07, 6.45) is 5.92. The highest BCUT2D eigenvalue weighted by atomic mass is 35.5. The Morgan fingerprint density at radius 1 is 1.27 bits per heavy atom. The summed E-state index contributed by atoms with van der Waals surface area (Å²) < 4.78 is 20.5. The van der Waals surface area contributed by atoms with E-state index in [9.17, 15) is 9.18 Å². The quantitative estimate of drug-likeness (QED) is 0.448. The summed E-state index contributed by atoms with van der Waals surface area (Å²) in [4.78, 5) is 19.5. The van der Waals surface area contributed by atoms with Crippen molar-refractivity contribution >= 4 is 23.2 Å². The molecular weight excluding hydrogens is 405 g/mol. The summed E-state index contributed by atoms with van der Waals surface area (Å²) in [5, 5.41) is 0.289. The zero-order chi connectivity index (χ0) is 20.8. The van der Waals surface area contributed by atoms with Crippen LogP contribution < -0.4 is 0 Å². The number of hydrogen-bond donors (Lipinski definition) is 0. The molecule has 0 spiro atoms. The third kappa shape index (κ3) is 3.17. The number of hydrogen-bond acceptors (Lipinski definition) is 3. The van der Waals surface area contributed by atoms with E-state index in [-0.39, 0.29) is 28.5 Å². The van der Waals surface area contributed by atoms with Gasteiger partial charge in [0.1, 0.15) is 16.6 Å². The first-order valence-corrected chi connectivity index (χ1v) is 10.1. The van der Waals surface area contributed by atoms with Gasteiger partial charge in [-0.15, -0.1) is 0 Å². The number of likely N-dealkylation sites (tertiary alicyclic amines) is 1. The molecular formula is C23H19ClFN3O2. The lowest BCUT2D eigenvalue weighted by atomic mass is 9.98. The first-order chi connectivity index (χ1) is 14.5. The van der Waals surface area contributed by atoms with Crippen LogP contribution in [0.3, 0.4) is 0 Å². The Labute approximate surface area is 177 Å². The number of carbonyl (C=O) groups excluding carboxylic acids is 1. The molecule has 0 saturated carbocycles. The lowest BCUT2D eigenvalue weighted by Crippen LogP contribution is -2.29. The molecule has 152 valence electrons. The molecule has 0 bridgehead atoms. The smallest absolute Gasteiger partial charge is 0.275 e. The fraction of sp³-hybridized carbons (Fsp3) is 0.217. The van der Waals surface area contributed by atoms with Crippen molar-refractivity contribution in [1.82, 2.24) is 14.3 Å². The number of aryl methyl sites for hydroxylation is 1. The third-order valence-corrected chi connectivity index (χ3v) is 6.06. The molecule has 1 aromatic carbocycles. The Bertz CT molecular complexity index is 1250. The summed E-state index contributed by atoms with van der Waals surface area (Å²) in [5.41, 5.74) is 4.57. The predicted molar refractivity (Wildman–Crippen MR) is 112 cm³/mol. The second kappa shape index (κ2) is 7.29. The molecule has 1 aliphatic heterocycles. The Morgan fingerprint density at radius 3 is 2.90 bits per heavy atom. The van der Waals surface area contributed by atoms with Crippen molar-refractivity contribution in [3.05, 3.63) is 82.9 Å². The van der Waals surface area contributed by atoms with Gasteiger partial charge in [-0.3, -0.25) is 9.20 Å². The van der Waals surface area contributed by atoms with Gasteiger partial charge in [-0.05, 0) is 48.7 Å². The molecule has 1 fully saturated rings. The SMILES string of the molecule is Cc1cc(-c2ccoc2)cn2c(Cl)c(C(=O)N3CCC(c4cccc(F)c4)C3)nc12. The zero-order valence-electron chi connectivity index (χ0n) is 16.3. The number of halogens is 2. The average molecular weight is 424 g/mol. The van der Waals surface area contributed by atoms with Gasteiger partial charge in [-0.25, -0.2) is 9.37 Å². The molecule has 0 aliphatic carbocycles. The summed E-state index contributed by atoms with van der Waals surface area (Å²) in [7, 11) is 0. The number of carbonyl (C=O) groups is 1. The van der Waals surface area contributed by atoms with E-state index in [0.717, 1.165) is 28.7 Å². The number of aromatic nitrogens is 2. The van der Waals surface area contributed by atoms with Crippen molar-refractivity contribution in [3.63, 3.8) is 0 Å². The first kappa shape index (κ1) is 18.9. The highest BCUT2D eigenvalue weighted by Gasteiger charge is 2.31. The van der Waals surface area contributed by atoms with Crippen LogP contribution in [0, 0.1) is 12.7 Å². The Kier molecular flexibility index (Phi) is 4.59. The summed E-state index contributed by atoms with van der Waals surface area (Å²) in [5.74, 6) is -0.355. The molecule has 5 nitrogen and oxygen atoms in total. The standard InChI is InChI=1S/C23H19ClFN3O2/c1-14-9-18(17-6-8-30-13-17)12-28-21(24)20(26-22(14)28)23(29)27-7-5-16(11-27)15-3-2-4-19(25)10-15/h2-4,6,8-10,12-13,16H,5,7,11H2,1H3. The molecule has 1 saturated heterocycles. The molecule has 0 radical (unpaired) electrons. The van der Waals surface area contributed by atoms with Crippen molar-refractivity contribution in [2.24, 2.45) is 0 Å². The second-order valence-electron chi connectivity index (χ2n) is 7.66. The van der Waals surface area contributed by atoms with E-state index in [1.807, 2.05) is 31.3 Å². The largest absolute Gasteiger partial charge is 0.472 e. The van der Waals surface area contributed by atoms with Gasteiger partial charge >= 0.3 is 0 Å². The lowest BCUT2D eigenvalue weighted by Gasteiger charge is -2.15. The van der Waals surface area contributed by atoms with E-state index in [2.05, 4.69) is 4.98 Å². The molecule has 1 amide bonds. The molecule has 1 aliphatic rings. The highest BCUT2D eigenvalue weighted by Crippen LogP contribution is 2.31. The molecule has 30 heavy (non-hydrogen) atoms. The maximum Gasteiger partial charge on any atom is 0.275 e. The summed E-state index contributed by atoms with van der Waals surface area (Å²) in [6.45, 7) is 3.04. The number of amides is 1. The van der Waals surface area contributed by atoms with Crippen molar-refractivity contribution in [1.29, 1.82) is 0 Å². The Morgan fingerprint density at radius 2 is 2.13 bits per heavy atom. The summed E-state index contributed by atoms with van der Waals surface area (Å²) >= 11 is 6.59. The van der Waals surface area contributed by atoms with Crippen LogP contribution in [0.25, 0.3) is 16.8 Å². The Balaban J connectivity index is 1.45. The van der Waals surface area contributed by atoms with Crippen molar-refractivity contribution in [3.8, 4) is 11.1 Å². The van der Waals surface area contributed by atoms with Crippen LogP contribution in [-0.2, 0) is 0 Å². The molecule has 4 heterocycles.